The van der Waals surface area contributed by atoms with E-state index in [0.717, 1.165) is 16.9 Å². The lowest BCUT2D eigenvalue weighted by molar-refractivity contribution is -0.384. The Morgan fingerprint density at radius 2 is 1.83 bits per heavy atom. The molecule has 0 N–H and O–H groups in total. The predicted octanol–water partition coefficient (Wildman–Crippen LogP) is 3.81. The van der Waals surface area contributed by atoms with Crippen LogP contribution in [0.15, 0.2) is 82.7 Å². The van der Waals surface area contributed by atoms with Gasteiger partial charge in [-0.25, -0.2) is 8.42 Å². The van der Waals surface area contributed by atoms with Gasteiger partial charge in [-0.1, -0.05) is 47.6 Å². The number of rotatable bonds is 7. The molecular formula is C25H20N4O5S2. The van der Waals surface area contributed by atoms with Gasteiger partial charge in [0.2, 0.25) is 10.0 Å². The third-order valence-electron chi connectivity index (χ3n) is 5.38. The van der Waals surface area contributed by atoms with Gasteiger partial charge in [-0.15, -0.1) is 6.42 Å². The first-order valence-electron chi connectivity index (χ1n) is 10.6. The second-order valence-corrected chi connectivity index (χ2v) is 10.8. The summed E-state index contributed by atoms with van der Waals surface area (Å²) < 4.78 is 29.3. The fraction of sp³-hybridized carbons (Fsp3) is 0.120. The van der Waals surface area contributed by atoms with Crippen molar-refractivity contribution < 1.29 is 18.1 Å². The van der Waals surface area contributed by atoms with Gasteiger partial charge in [0, 0.05) is 31.3 Å². The number of nitro benzene ring substituents is 1. The van der Waals surface area contributed by atoms with Crippen LogP contribution in [0.4, 0.5) is 5.69 Å². The Morgan fingerprint density at radius 1 is 1.14 bits per heavy atom. The van der Waals surface area contributed by atoms with Crippen LogP contribution in [0, 0.1) is 22.5 Å². The van der Waals surface area contributed by atoms with Crippen LogP contribution in [-0.4, -0.2) is 35.2 Å². The lowest BCUT2D eigenvalue weighted by Gasteiger charge is -2.17. The predicted molar refractivity (Wildman–Crippen MR) is 137 cm³/mol. The van der Waals surface area contributed by atoms with Gasteiger partial charge in [0.15, 0.2) is 4.80 Å². The summed E-state index contributed by atoms with van der Waals surface area (Å²) in [5.41, 5.74) is 1.58. The molecule has 1 aromatic heterocycles. The first kappa shape index (κ1) is 25.0. The van der Waals surface area contributed by atoms with Gasteiger partial charge in [0.05, 0.1) is 26.6 Å². The summed E-state index contributed by atoms with van der Waals surface area (Å²) in [6, 6.07) is 19.1. The molecule has 3 aromatic carbocycles. The van der Waals surface area contributed by atoms with Crippen molar-refractivity contribution in [3.05, 3.63) is 98.8 Å². The number of thiazole rings is 1. The molecule has 0 fully saturated rings. The van der Waals surface area contributed by atoms with Crippen LogP contribution in [-0.2, 0) is 23.1 Å². The summed E-state index contributed by atoms with van der Waals surface area (Å²) in [6.45, 7) is 0.327. The van der Waals surface area contributed by atoms with E-state index in [9.17, 15) is 23.3 Å². The molecule has 1 amide bonds. The topological polar surface area (TPSA) is 115 Å². The zero-order valence-corrected chi connectivity index (χ0v) is 20.7. The van der Waals surface area contributed by atoms with Crippen molar-refractivity contribution >= 4 is 43.2 Å². The van der Waals surface area contributed by atoms with Crippen molar-refractivity contribution in [3.8, 4) is 12.3 Å². The van der Waals surface area contributed by atoms with Crippen molar-refractivity contribution in [1.29, 1.82) is 0 Å². The second kappa shape index (κ2) is 10.2. The number of aromatic nitrogens is 1. The molecule has 0 aliphatic heterocycles. The zero-order valence-electron chi connectivity index (χ0n) is 19.1. The first-order valence-corrected chi connectivity index (χ1v) is 12.9. The molecule has 0 spiro atoms. The van der Waals surface area contributed by atoms with Crippen molar-refractivity contribution in [3.63, 3.8) is 0 Å². The summed E-state index contributed by atoms with van der Waals surface area (Å²) in [5, 5.41) is 11.1. The molecule has 11 heteroatoms. The molecule has 182 valence electrons. The van der Waals surface area contributed by atoms with E-state index in [1.54, 1.807) is 10.6 Å². The number of non-ortho nitro benzene ring substituents is 1. The van der Waals surface area contributed by atoms with Gasteiger partial charge >= 0.3 is 0 Å². The molecule has 36 heavy (non-hydrogen) atoms. The number of benzene rings is 3. The lowest BCUT2D eigenvalue weighted by atomic mass is 10.2. The number of amides is 1. The summed E-state index contributed by atoms with van der Waals surface area (Å²) in [4.78, 5) is 28.0. The van der Waals surface area contributed by atoms with Crippen LogP contribution in [0.3, 0.4) is 0 Å². The third kappa shape index (κ3) is 5.11. The highest BCUT2D eigenvalue weighted by Crippen LogP contribution is 2.23. The second-order valence-electron chi connectivity index (χ2n) is 7.77. The molecule has 9 nitrogen and oxygen atoms in total. The Morgan fingerprint density at radius 3 is 2.47 bits per heavy atom. The van der Waals surface area contributed by atoms with E-state index < -0.39 is 20.9 Å². The minimum Gasteiger partial charge on any atom is -0.305 e. The smallest absolute Gasteiger partial charge is 0.279 e. The Hall–Kier alpha value is -4.11. The average molecular weight is 521 g/mol. The largest absolute Gasteiger partial charge is 0.305 e. The van der Waals surface area contributed by atoms with Crippen molar-refractivity contribution in [2.45, 2.75) is 18.0 Å². The van der Waals surface area contributed by atoms with Crippen LogP contribution in [0.5, 0.6) is 0 Å². The lowest BCUT2D eigenvalue weighted by Crippen LogP contribution is -2.26. The highest BCUT2D eigenvalue weighted by molar-refractivity contribution is 7.89. The number of nitro groups is 1. The van der Waals surface area contributed by atoms with Gasteiger partial charge in [-0.05, 0) is 35.9 Å². The van der Waals surface area contributed by atoms with Gasteiger partial charge in [-0.3, -0.25) is 14.9 Å². The van der Waals surface area contributed by atoms with Gasteiger partial charge in [0.25, 0.3) is 11.6 Å². The monoisotopic (exact) mass is 520 g/mol. The molecule has 4 aromatic rings. The Bertz CT molecular complexity index is 1670. The molecule has 0 aliphatic carbocycles. The fourth-order valence-electron chi connectivity index (χ4n) is 3.53. The van der Waals surface area contributed by atoms with E-state index in [1.807, 2.05) is 30.3 Å². The minimum atomic E-state index is -3.77. The Labute approximate surface area is 211 Å². The van der Waals surface area contributed by atoms with Crippen LogP contribution in [0.1, 0.15) is 15.9 Å². The summed E-state index contributed by atoms with van der Waals surface area (Å²) in [6.07, 6.45) is 5.47. The Balaban J connectivity index is 1.62. The molecule has 0 saturated heterocycles. The van der Waals surface area contributed by atoms with E-state index in [4.69, 9.17) is 6.42 Å². The quantitative estimate of drug-likeness (QED) is 0.209. The van der Waals surface area contributed by atoms with Crippen molar-refractivity contribution in [2.75, 3.05) is 7.05 Å². The maximum atomic E-state index is 12.9. The normalized spacial score (nSPS) is 12.1. The Kier molecular flexibility index (Phi) is 7.12. The van der Waals surface area contributed by atoms with E-state index in [0.29, 0.717) is 10.2 Å². The number of hydrogen-bond donors (Lipinski definition) is 0. The number of nitrogens with zero attached hydrogens (tertiary/aromatic N) is 4. The molecular weight excluding hydrogens is 500 g/mol. The maximum absolute atomic E-state index is 12.9. The van der Waals surface area contributed by atoms with Crippen LogP contribution < -0.4 is 4.80 Å². The summed E-state index contributed by atoms with van der Waals surface area (Å²) in [7, 11) is -2.28. The standard InChI is InChI=1S/C25H20N4O5S2/c1-3-15-28-22-14-11-20(29(31)32)16-23(22)35-25(28)26-24(30)19-9-12-21(13-10-19)36(33,34)27(2)17-18-7-5-4-6-8-18/h1,4-14,16H,15,17H2,2H3. The highest BCUT2D eigenvalue weighted by atomic mass is 32.2. The number of carbonyl (C=O) groups excluding carboxylic acids is 1. The minimum absolute atomic E-state index is 0.0500. The van der Waals surface area contributed by atoms with E-state index in [2.05, 4.69) is 10.9 Å². The third-order valence-corrected chi connectivity index (χ3v) is 8.24. The highest BCUT2D eigenvalue weighted by Gasteiger charge is 2.21. The zero-order chi connectivity index (χ0) is 25.9. The van der Waals surface area contributed by atoms with E-state index >= 15 is 0 Å². The van der Waals surface area contributed by atoms with Crippen molar-refractivity contribution in [2.24, 2.45) is 4.99 Å². The SMILES string of the molecule is C#CCn1c(=NC(=O)c2ccc(S(=O)(=O)N(C)Cc3ccccc3)cc2)sc2cc([N+](=O)[O-])ccc21. The van der Waals surface area contributed by atoms with Crippen LogP contribution >= 0.6 is 11.3 Å². The average Bonchev–Trinajstić information content (AvgIpc) is 3.20. The maximum Gasteiger partial charge on any atom is 0.279 e. The van der Waals surface area contributed by atoms with Gasteiger partial charge in [0.1, 0.15) is 0 Å². The molecule has 0 bridgehead atoms. The van der Waals surface area contributed by atoms with E-state index in [1.165, 1.54) is 47.8 Å². The number of hydrogen-bond acceptors (Lipinski definition) is 6. The number of fused-ring (bicyclic) bond motifs is 1. The molecule has 0 unspecified atom stereocenters. The van der Waals surface area contributed by atoms with Gasteiger partial charge < -0.3 is 4.57 Å². The molecule has 1 heterocycles. The van der Waals surface area contributed by atoms with Crippen molar-refractivity contribution in [1.82, 2.24) is 8.87 Å². The molecule has 4 rings (SSSR count). The molecule has 0 radical (unpaired) electrons. The number of sulfonamides is 1. The van der Waals surface area contributed by atoms with E-state index in [-0.39, 0.29) is 34.0 Å². The molecule has 0 atom stereocenters. The fourth-order valence-corrected chi connectivity index (χ4v) is 5.75. The van der Waals surface area contributed by atoms with Crippen LogP contribution in [0.25, 0.3) is 10.2 Å². The molecule has 0 saturated carbocycles. The summed E-state index contributed by atoms with van der Waals surface area (Å²) >= 11 is 1.10. The number of terminal acetylenes is 1. The number of carbonyl (C=O) groups is 1. The van der Waals surface area contributed by atoms with Crippen LogP contribution in [0.2, 0.25) is 0 Å². The first-order chi connectivity index (χ1) is 17.2. The summed E-state index contributed by atoms with van der Waals surface area (Å²) in [5.74, 6) is 1.90. The molecule has 0 aliphatic rings. The van der Waals surface area contributed by atoms with Gasteiger partial charge in [-0.2, -0.15) is 9.30 Å².